The number of hydrogen-bond acceptors (Lipinski definition) is 4. The molecule has 0 aliphatic heterocycles. The lowest BCUT2D eigenvalue weighted by Crippen LogP contribution is -2.19. The quantitative estimate of drug-likeness (QED) is 0.134. The first kappa shape index (κ1) is 37.9. The Labute approximate surface area is 299 Å². The fourth-order valence-electron chi connectivity index (χ4n) is 5.88. The van der Waals surface area contributed by atoms with Gasteiger partial charge in [-0.15, -0.1) is 0 Å². The van der Waals surface area contributed by atoms with Crippen molar-refractivity contribution in [2.24, 2.45) is 0 Å². The van der Waals surface area contributed by atoms with E-state index in [-0.39, 0.29) is 18.5 Å². The molecule has 6 aromatic rings. The van der Waals surface area contributed by atoms with Crippen LogP contribution in [0, 0.1) is 20.8 Å². The molecule has 50 heavy (non-hydrogen) atoms. The van der Waals surface area contributed by atoms with Crippen LogP contribution in [0.4, 0.5) is 0 Å². The summed E-state index contributed by atoms with van der Waals surface area (Å²) in [5.74, 6) is 1.06. The third kappa shape index (κ3) is 8.82. The molecular formula is C44H44O4P2. The van der Waals surface area contributed by atoms with Gasteiger partial charge in [0.25, 0.3) is 0 Å². The highest BCUT2D eigenvalue weighted by Gasteiger charge is 2.29. The minimum absolute atomic E-state index is 0. The molecule has 0 aromatic heterocycles. The highest BCUT2D eigenvalue weighted by Crippen LogP contribution is 2.43. The highest BCUT2D eigenvalue weighted by molar-refractivity contribution is 7.88. The molecule has 0 N–H and O–H groups in total. The summed E-state index contributed by atoms with van der Waals surface area (Å²) in [7, 11) is 0.836. The molecule has 6 aromatic carbocycles. The van der Waals surface area contributed by atoms with Gasteiger partial charge in [-0.2, -0.15) is 0 Å². The minimum atomic E-state index is -1.23. The molecule has 6 rings (SSSR count). The summed E-state index contributed by atoms with van der Waals surface area (Å²) in [6.45, 7) is 6.15. The van der Waals surface area contributed by atoms with Crippen LogP contribution < -0.4 is 30.7 Å². The molecule has 0 bridgehead atoms. The highest BCUT2D eigenvalue weighted by atomic mass is 31.1. The SMILES string of the molecule is C.COc1cccc(OC)c1C(=O)P(c1ccccc1)c1ccccc1.Cc1cc(C)c(C(=O)P(c2ccccc2)c2ccccc2)c(C)c1. The lowest BCUT2D eigenvalue weighted by Gasteiger charge is -2.20. The monoisotopic (exact) mass is 698 g/mol. The largest absolute Gasteiger partial charge is 0.496 e. The summed E-state index contributed by atoms with van der Waals surface area (Å²) in [5.41, 5.74) is 4.95. The minimum Gasteiger partial charge on any atom is -0.496 e. The number of methoxy groups -OCH3 is 2. The summed E-state index contributed by atoms with van der Waals surface area (Å²) >= 11 is 0. The second-order valence-electron chi connectivity index (χ2n) is 11.4. The van der Waals surface area contributed by atoms with Gasteiger partial charge < -0.3 is 9.47 Å². The molecule has 0 radical (unpaired) electrons. The first-order chi connectivity index (χ1) is 23.8. The van der Waals surface area contributed by atoms with Crippen LogP contribution in [0.25, 0.3) is 0 Å². The Morgan fingerprint density at radius 1 is 0.440 bits per heavy atom. The summed E-state index contributed by atoms with van der Waals surface area (Å²) in [5, 5.41) is 4.20. The van der Waals surface area contributed by atoms with Crippen LogP contribution in [0.1, 0.15) is 44.8 Å². The van der Waals surface area contributed by atoms with Gasteiger partial charge in [-0.3, -0.25) is 9.59 Å². The van der Waals surface area contributed by atoms with Crippen molar-refractivity contribution in [3.05, 3.63) is 179 Å². The predicted octanol–water partition coefficient (Wildman–Crippen LogP) is 9.50. The van der Waals surface area contributed by atoms with Crippen LogP contribution in [0.3, 0.4) is 0 Å². The summed E-state index contributed by atoms with van der Waals surface area (Å²) < 4.78 is 10.9. The molecule has 0 amide bonds. The standard InChI is InChI=1S/C22H21OP.C21H19O3P.CH4/c1-16-14-17(2)21(18(3)15-16)22(23)24(19-10-6-4-7-11-19)20-12-8-5-9-13-20;1-23-18-14-9-15-19(24-2)20(18)21(22)25(16-10-5-3-6-11-16)17-12-7-4-8-13-17;/h4-15H,1-3H3;3-15H,1-2H3;1H4. The van der Waals surface area contributed by atoms with Crippen molar-refractivity contribution in [3.8, 4) is 11.5 Å². The molecule has 0 heterocycles. The smallest absolute Gasteiger partial charge is 0.200 e. The van der Waals surface area contributed by atoms with E-state index in [1.807, 2.05) is 117 Å². The van der Waals surface area contributed by atoms with E-state index in [1.165, 1.54) is 5.56 Å². The molecule has 0 saturated carbocycles. The normalized spacial score (nSPS) is 10.5. The van der Waals surface area contributed by atoms with E-state index in [9.17, 15) is 9.59 Å². The molecule has 4 nitrogen and oxygen atoms in total. The Balaban J connectivity index is 0.000000220. The predicted molar refractivity (Wildman–Crippen MR) is 214 cm³/mol. The van der Waals surface area contributed by atoms with Gasteiger partial charge in [0.2, 0.25) is 5.52 Å². The zero-order valence-corrected chi connectivity index (χ0v) is 30.3. The third-order valence-electron chi connectivity index (χ3n) is 8.00. The van der Waals surface area contributed by atoms with Crippen molar-refractivity contribution < 1.29 is 19.1 Å². The maximum Gasteiger partial charge on any atom is 0.200 e. The molecule has 0 unspecified atom stereocenters. The maximum atomic E-state index is 13.6. The number of rotatable bonds is 10. The number of carbonyl (C=O) groups excluding carboxylic acids is 2. The lowest BCUT2D eigenvalue weighted by molar-refractivity contribution is 0.107. The van der Waals surface area contributed by atoms with E-state index < -0.39 is 15.8 Å². The molecule has 0 atom stereocenters. The summed E-state index contributed by atoms with van der Waals surface area (Å²) in [6.07, 6.45) is 0. The Morgan fingerprint density at radius 3 is 1.04 bits per heavy atom. The number of ether oxygens (including phenoxy) is 2. The van der Waals surface area contributed by atoms with Gasteiger partial charge in [-0.25, -0.2) is 0 Å². The number of aryl methyl sites for hydroxylation is 3. The van der Waals surface area contributed by atoms with Gasteiger partial charge in [0.15, 0.2) is 5.52 Å². The number of hydrogen-bond donors (Lipinski definition) is 0. The van der Waals surface area contributed by atoms with E-state index >= 15 is 0 Å². The van der Waals surface area contributed by atoms with Gasteiger partial charge in [0.1, 0.15) is 17.1 Å². The average Bonchev–Trinajstić information content (AvgIpc) is 3.13. The van der Waals surface area contributed by atoms with E-state index in [4.69, 9.17) is 9.47 Å². The van der Waals surface area contributed by atoms with Crippen molar-refractivity contribution in [2.45, 2.75) is 28.2 Å². The molecule has 254 valence electrons. The van der Waals surface area contributed by atoms with E-state index in [0.29, 0.717) is 17.1 Å². The maximum absolute atomic E-state index is 13.6. The average molecular weight is 699 g/mol. The fraction of sp³-hybridized carbons (Fsp3) is 0.136. The summed E-state index contributed by atoms with van der Waals surface area (Å²) in [6, 6.07) is 49.6. The molecule has 0 saturated heterocycles. The topological polar surface area (TPSA) is 52.6 Å². The van der Waals surface area contributed by atoms with Crippen molar-refractivity contribution in [3.63, 3.8) is 0 Å². The summed E-state index contributed by atoms with van der Waals surface area (Å²) in [4.78, 5) is 27.1. The van der Waals surface area contributed by atoms with Crippen molar-refractivity contribution in [2.75, 3.05) is 14.2 Å². The zero-order chi connectivity index (χ0) is 34.8. The fourth-order valence-corrected chi connectivity index (χ4v) is 10.3. The van der Waals surface area contributed by atoms with Crippen molar-refractivity contribution >= 4 is 48.1 Å². The van der Waals surface area contributed by atoms with Crippen LogP contribution >= 0.6 is 15.8 Å². The Kier molecular flexibility index (Phi) is 13.8. The lowest BCUT2D eigenvalue weighted by atomic mass is 10.0. The second kappa shape index (κ2) is 18.2. The van der Waals surface area contributed by atoms with E-state index in [0.717, 1.165) is 37.9 Å². The van der Waals surface area contributed by atoms with Gasteiger partial charge in [0, 0.05) is 21.4 Å². The van der Waals surface area contributed by atoms with E-state index in [2.05, 4.69) is 43.3 Å². The Morgan fingerprint density at radius 2 is 0.740 bits per heavy atom. The van der Waals surface area contributed by atoms with Gasteiger partial charge in [-0.1, -0.05) is 153 Å². The number of carbonyl (C=O) groups is 2. The number of benzene rings is 6. The Bertz CT molecular complexity index is 1870. The first-order valence-electron chi connectivity index (χ1n) is 16.0. The molecule has 0 fully saturated rings. The van der Waals surface area contributed by atoms with Gasteiger partial charge >= 0.3 is 0 Å². The molecule has 0 aliphatic carbocycles. The van der Waals surface area contributed by atoms with Crippen LogP contribution in [-0.4, -0.2) is 25.3 Å². The van der Waals surface area contributed by atoms with Crippen LogP contribution in [0.2, 0.25) is 0 Å². The molecular weight excluding hydrogens is 654 g/mol. The first-order valence-corrected chi connectivity index (χ1v) is 18.7. The third-order valence-corrected chi connectivity index (χ3v) is 12.5. The van der Waals surface area contributed by atoms with Crippen molar-refractivity contribution in [1.29, 1.82) is 0 Å². The van der Waals surface area contributed by atoms with Crippen LogP contribution in [-0.2, 0) is 0 Å². The van der Waals surface area contributed by atoms with Gasteiger partial charge in [-0.05, 0) is 65.2 Å². The van der Waals surface area contributed by atoms with Crippen molar-refractivity contribution in [1.82, 2.24) is 0 Å². The zero-order valence-electron chi connectivity index (χ0n) is 28.5. The molecule has 0 spiro atoms. The molecule has 6 heteroatoms. The van der Waals surface area contributed by atoms with Crippen LogP contribution in [0.15, 0.2) is 152 Å². The second-order valence-corrected chi connectivity index (χ2v) is 15.7. The van der Waals surface area contributed by atoms with Crippen LogP contribution in [0.5, 0.6) is 11.5 Å². The van der Waals surface area contributed by atoms with Gasteiger partial charge in [0.05, 0.1) is 14.2 Å². The molecule has 0 aliphatic rings. The Hall–Kier alpha value is -4.88. The van der Waals surface area contributed by atoms with E-state index in [1.54, 1.807) is 26.4 Å².